The number of amides is 2. The topological polar surface area (TPSA) is 109 Å². The Morgan fingerprint density at radius 2 is 1.70 bits per heavy atom. The van der Waals surface area contributed by atoms with Gasteiger partial charge in [0.05, 0.1) is 11.2 Å². The van der Waals surface area contributed by atoms with Gasteiger partial charge < -0.3 is 20.1 Å². The number of ketones is 1. The van der Waals surface area contributed by atoms with Crippen LogP contribution in [0, 0.1) is 23.6 Å². The minimum atomic E-state index is -4.95. The zero-order chi connectivity index (χ0) is 27.3. The van der Waals surface area contributed by atoms with Crippen molar-refractivity contribution in [1.29, 1.82) is 0 Å². The third-order valence-corrected chi connectivity index (χ3v) is 6.75. The number of rotatable bonds is 7. The number of nitrogens with one attached hydrogen (secondary N) is 1. The number of fused-ring (bicyclic) bond motifs is 1. The van der Waals surface area contributed by atoms with E-state index < -0.39 is 47.3 Å². The summed E-state index contributed by atoms with van der Waals surface area (Å²) in [6.07, 6.45) is -6.61. The molecule has 37 heavy (non-hydrogen) atoms. The van der Waals surface area contributed by atoms with Crippen LogP contribution in [-0.2, 0) is 15.1 Å². The number of alkyl halides is 3. The van der Waals surface area contributed by atoms with Gasteiger partial charge in [-0.25, -0.2) is 14.2 Å². The fraction of sp³-hybridized carbons (Fsp3) is 0.440. The van der Waals surface area contributed by atoms with Crippen LogP contribution in [0.2, 0.25) is 0 Å². The molecule has 2 aromatic rings. The molecule has 8 nitrogen and oxygen atoms in total. The van der Waals surface area contributed by atoms with Gasteiger partial charge >= 0.3 is 12.3 Å². The highest BCUT2D eigenvalue weighted by Gasteiger charge is 2.61. The van der Waals surface area contributed by atoms with Crippen LogP contribution >= 0.6 is 0 Å². The molecule has 0 spiro atoms. The average molecular weight is 523 g/mol. The van der Waals surface area contributed by atoms with Gasteiger partial charge in [-0.15, -0.1) is 0 Å². The third kappa shape index (κ3) is 5.52. The van der Waals surface area contributed by atoms with Crippen molar-refractivity contribution in [3.8, 4) is 17.1 Å². The van der Waals surface area contributed by atoms with Crippen LogP contribution in [0.1, 0.15) is 26.3 Å². The smallest absolute Gasteiger partial charge is 0.407 e. The van der Waals surface area contributed by atoms with Crippen molar-refractivity contribution in [2.75, 3.05) is 13.1 Å². The summed E-state index contributed by atoms with van der Waals surface area (Å²) in [6, 6.07) is 8.78. The van der Waals surface area contributed by atoms with Crippen LogP contribution in [0.15, 0.2) is 36.4 Å². The van der Waals surface area contributed by atoms with Crippen molar-refractivity contribution in [3.63, 3.8) is 0 Å². The van der Waals surface area contributed by atoms with Crippen LogP contribution in [-0.4, -0.2) is 58.1 Å². The van der Waals surface area contributed by atoms with E-state index in [1.54, 1.807) is 26.0 Å². The first-order valence-corrected chi connectivity index (χ1v) is 11.5. The summed E-state index contributed by atoms with van der Waals surface area (Å²) >= 11 is 0. The van der Waals surface area contributed by atoms with Gasteiger partial charge in [-0.2, -0.15) is 13.2 Å². The summed E-state index contributed by atoms with van der Waals surface area (Å²) in [7, 11) is 0. The van der Waals surface area contributed by atoms with Crippen molar-refractivity contribution in [2.24, 2.45) is 17.8 Å². The summed E-state index contributed by atoms with van der Waals surface area (Å²) in [5, 5.41) is 11.6. The number of aromatic nitrogens is 1. The van der Waals surface area contributed by atoms with E-state index >= 15 is 0 Å². The number of ether oxygens (including phenoxy) is 1. The van der Waals surface area contributed by atoms with Crippen LogP contribution in [0.4, 0.5) is 22.4 Å². The van der Waals surface area contributed by atoms with E-state index in [9.17, 15) is 37.1 Å². The van der Waals surface area contributed by atoms with Gasteiger partial charge in [-0.3, -0.25) is 9.59 Å². The first-order valence-electron chi connectivity index (χ1n) is 11.5. The van der Waals surface area contributed by atoms with Gasteiger partial charge in [0, 0.05) is 36.6 Å². The zero-order valence-corrected chi connectivity index (χ0v) is 20.2. The van der Waals surface area contributed by atoms with E-state index in [0.717, 1.165) is 11.8 Å². The number of hydrogen-bond donors (Lipinski definition) is 2. The maximum atomic E-state index is 13.4. The molecule has 1 aliphatic heterocycles. The molecule has 0 bridgehead atoms. The molecular formula is C25H25F4N3O5. The highest BCUT2D eigenvalue weighted by atomic mass is 19.4. The Hall–Kier alpha value is -3.70. The Balaban J connectivity index is 1.53. The van der Waals surface area contributed by atoms with Crippen molar-refractivity contribution >= 4 is 17.8 Å². The number of halogens is 4. The van der Waals surface area contributed by atoms with E-state index in [2.05, 4.69) is 10.3 Å². The summed E-state index contributed by atoms with van der Waals surface area (Å²) in [4.78, 5) is 40.7. The standard InChI is InChI=1S/C25H25F4N3O5/c1-12(33)20(25(27,28)29)22(34)32-10-16-17(11-32)21(16)37-19-9-14(24(2,3)31-23(35)36)8-18(30-19)13-4-6-15(26)7-5-13/h4-9,16-17,20-21,31H,10-11H2,1-3H3,(H,35,36)/t16-,17+,20?,21-. The van der Waals surface area contributed by atoms with Gasteiger partial charge in [0.1, 0.15) is 11.9 Å². The minimum Gasteiger partial charge on any atom is -0.474 e. The Morgan fingerprint density at radius 1 is 1.11 bits per heavy atom. The minimum absolute atomic E-state index is 0.0185. The molecule has 12 heteroatoms. The molecule has 2 amide bonds. The van der Waals surface area contributed by atoms with Crippen molar-refractivity contribution < 1.29 is 41.8 Å². The largest absolute Gasteiger partial charge is 0.474 e. The molecule has 198 valence electrons. The maximum absolute atomic E-state index is 13.4. The molecule has 4 atom stereocenters. The number of pyridine rings is 1. The van der Waals surface area contributed by atoms with Crippen LogP contribution in [0.3, 0.4) is 0 Å². The first-order chi connectivity index (χ1) is 17.2. The maximum Gasteiger partial charge on any atom is 0.407 e. The molecule has 1 aromatic heterocycles. The average Bonchev–Trinajstić information content (AvgIpc) is 3.20. The number of benzene rings is 1. The van der Waals surface area contributed by atoms with Gasteiger partial charge in [-0.05, 0) is 56.7 Å². The van der Waals surface area contributed by atoms with Gasteiger partial charge in [-0.1, -0.05) is 0 Å². The SMILES string of the molecule is CC(=O)C(C(=O)N1C[C@@H]2[C@H](C1)[C@@H]2Oc1cc(C(C)(C)NC(=O)O)cc(-c2ccc(F)cc2)n1)C(F)(F)F. The number of nitrogens with zero attached hydrogens (tertiary/aromatic N) is 2. The summed E-state index contributed by atoms with van der Waals surface area (Å²) in [5.74, 6) is -5.92. The molecule has 1 unspecified atom stereocenters. The van der Waals surface area contributed by atoms with Crippen molar-refractivity contribution in [3.05, 3.63) is 47.8 Å². The molecule has 1 saturated carbocycles. The molecular weight excluding hydrogens is 498 g/mol. The van der Waals surface area contributed by atoms with E-state index in [-0.39, 0.29) is 30.8 Å². The monoisotopic (exact) mass is 523 g/mol. The van der Waals surface area contributed by atoms with E-state index in [0.29, 0.717) is 16.8 Å². The third-order valence-electron chi connectivity index (χ3n) is 6.75. The molecule has 1 aromatic carbocycles. The predicted octanol–water partition coefficient (Wildman–Crippen LogP) is 3.99. The van der Waals surface area contributed by atoms with Crippen molar-refractivity contribution in [1.82, 2.24) is 15.2 Å². The lowest BCUT2D eigenvalue weighted by Crippen LogP contribution is -2.46. The van der Waals surface area contributed by atoms with E-state index in [4.69, 9.17) is 4.74 Å². The second kappa shape index (κ2) is 9.31. The Bertz CT molecular complexity index is 1220. The Kier molecular flexibility index (Phi) is 6.63. The fourth-order valence-corrected chi connectivity index (χ4v) is 4.73. The lowest BCUT2D eigenvalue weighted by Gasteiger charge is -2.27. The van der Waals surface area contributed by atoms with Crippen molar-refractivity contribution in [2.45, 2.75) is 38.6 Å². The molecule has 0 radical (unpaired) electrons. The second-order valence-electron chi connectivity index (χ2n) is 9.88. The second-order valence-corrected chi connectivity index (χ2v) is 9.88. The lowest BCUT2D eigenvalue weighted by molar-refractivity contribution is -0.190. The molecule has 1 aliphatic carbocycles. The molecule has 1 saturated heterocycles. The Morgan fingerprint density at radius 3 is 2.22 bits per heavy atom. The first kappa shape index (κ1) is 26.4. The number of carbonyl (C=O) groups is 3. The molecule has 2 heterocycles. The Labute approximate surface area is 209 Å². The van der Waals surface area contributed by atoms with E-state index in [1.165, 1.54) is 24.3 Å². The van der Waals surface area contributed by atoms with Gasteiger partial charge in [0.2, 0.25) is 11.8 Å². The number of carbonyl (C=O) groups excluding carboxylic acids is 2. The predicted molar refractivity (Wildman–Crippen MR) is 122 cm³/mol. The molecule has 2 aliphatic rings. The number of piperidine rings is 1. The summed E-state index contributed by atoms with van der Waals surface area (Å²) in [5.41, 5.74) is 0.458. The normalized spacial score (nSPS) is 21.7. The summed E-state index contributed by atoms with van der Waals surface area (Å²) in [6.45, 7) is 4.08. The highest BCUT2D eigenvalue weighted by Crippen LogP contribution is 2.49. The quantitative estimate of drug-likeness (QED) is 0.420. The zero-order valence-electron chi connectivity index (χ0n) is 20.2. The van der Waals surface area contributed by atoms with E-state index in [1.807, 2.05) is 0 Å². The van der Waals surface area contributed by atoms with Gasteiger partial charge in [0.25, 0.3) is 0 Å². The van der Waals surface area contributed by atoms with Crippen LogP contribution in [0.25, 0.3) is 11.3 Å². The van der Waals surface area contributed by atoms with Gasteiger partial charge in [0.15, 0.2) is 11.7 Å². The number of hydrogen-bond acceptors (Lipinski definition) is 5. The molecule has 4 rings (SSSR count). The molecule has 2 fully saturated rings. The number of carboxylic acid groups (broad SMARTS) is 1. The number of Topliss-reactive ketones (excluding diaryl/α,β-unsaturated/α-hetero) is 1. The highest BCUT2D eigenvalue weighted by molar-refractivity contribution is 6.01. The number of likely N-dealkylation sites (tertiary alicyclic amines) is 1. The van der Waals surface area contributed by atoms with Crippen LogP contribution < -0.4 is 10.1 Å². The molecule has 2 N–H and O–H groups in total. The lowest BCUT2D eigenvalue weighted by atomic mass is 9.93. The summed E-state index contributed by atoms with van der Waals surface area (Å²) < 4.78 is 59.0. The fourth-order valence-electron chi connectivity index (χ4n) is 4.73. The van der Waals surface area contributed by atoms with Crippen LogP contribution in [0.5, 0.6) is 5.88 Å².